The van der Waals surface area contributed by atoms with Crippen LogP contribution in [0.2, 0.25) is 0 Å². The Morgan fingerprint density at radius 1 is 1.12 bits per heavy atom. The van der Waals surface area contributed by atoms with E-state index in [0.717, 1.165) is 5.56 Å². The highest BCUT2D eigenvalue weighted by molar-refractivity contribution is 5.90. The molecule has 9 nitrogen and oxygen atoms in total. The number of hydroxylamine groups is 2. The lowest BCUT2D eigenvalue weighted by Crippen LogP contribution is -2.54. The Bertz CT molecular complexity index is 848. The quantitative estimate of drug-likeness (QED) is 0.754. The molecule has 0 aromatic heterocycles. The van der Waals surface area contributed by atoms with Crippen LogP contribution in [0.4, 0.5) is 9.59 Å². The van der Waals surface area contributed by atoms with E-state index in [2.05, 4.69) is 5.32 Å². The monoisotopic (exact) mass is 444 g/mol. The van der Waals surface area contributed by atoms with Gasteiger partial charge in [-0.05, 0) is 39.2 Å². The number of ether oxygens (including phenoxy) is 1. The molecule has 174 valence electrons. The van der Waals surface area contributed by atoms with Crippen molar-refractivity contribution in [2.75, 3.05) is 19.6 Å². The molecule has 3 aliphatic rings. The zero-order chi connectivity index (χ0) is 22.9. The van der Waals surface area contributed by atoms with E-state index < -0.39 is 11.6 Å². The molecule has 2 atom stereocenters. The van der Waals surface area contributed by atoms with Crippen molar-refractivity contribution in [1.82, 2.24) is 20.2 Å². The first-order valence-corrected chi connectivity index (χ1v) is 11.3. The number of hydrogen-bond donors (Lipinski definition) is 1. The number of urea groups is 1. The van der Waals surface area contributed by atoms with E-state index in [9.17, 15) is 14.4 Å². The van der Waals surface area contributed by atoms with E-state index in [1.165, 1.54) is 5.06 Å². The normalized spacial score (nSPS) is 23.6. The van der Waals surface area contributed by atoms with Gasteiger partial charge in [0.05, 0.1) is 6.04 Å². The lowest BCUT2D eigenvalue weighted by molar-refractivity contribution is -0.151. The van der Waals surface area contributed by atoms with Gasteiger partial charge >= 0.3 is 12.1 Å². The SMILES string of the molecule is CC(C)(C)OC(=O)N1CCC(NC(=O)[C@@H]2C[C@@H]3CN2C(=O)N3OCc2ccccc2)CC1. The van der Waals surface area contributed by atoms with Gasteiger partial charge < -0.3 is 19.9 Å². The molecule has 0 unspecified atom stereocenters. The molecular weight excluding hydrogens is 412 g/mol. The van der Waals surface area contributed by atoms with Gasteiger partial charge in [-0.25, -0.2) is 9.59 Å². The van der Waals surface area contributed by atoms with Crippen molar-refractivity contribution in [3.63, 3.8) is 0 Å². The molecule has 4 rings (SSSR count). The molecular formula is C23H32N4O5. The number of benzene rings is 1. The van der Waals surface area contributed by atoms with Crippen molar-refractivity contribution in [2.24, 2.45) is 0 Å². The molecule has 3 heterocycles. The molecule has 3 saturated heterocycles. The van der Waals surface area contributed by atoms with Crippen LogP contribution in [0.15, 0.2) is 30.3 Å². The molecule has 0 saturated carbocycles. The second kappa shape index (κ2) is 8.97. The Kier molecular flexibility index (Phi) is 6.28. The number of amides is 4. The maximum Gasteiger partial charge on any atom is 0.410 e. The lowest BCUT2D eigenvalue weighted by atomic mass is 10.0. The Morgan fingerprint density at radius 2 is 1.81 bits per heavy atom. The molecule has 0 spiro atoms. The molecule has 1 N–H and O–H groups in total. The first-order valence-electron chi connectivity index (χ1n) is 11.3. The Balaban J connectivity index is 1.23. The number of carbonyl (C=O) groups is 3. The molecule has 9 heteroatoms. The van der Waals surface area contributed by atoms with E-state index >= 15 is 0 Å². The number of likely N-dealkylation sites (tertiary alicyclic amines) is 1. The van der Waals surface area contributed by atoms with Crippen LogP contribution in [0.5, 0.6) is 0 Å². The van der Waals surface area contributed by atoms with Crippen LogP contribution in [0.3, 0.4) is 0 Å². The molecule has 3 aliphatic heterocycles. The van der Waals surface area contributed by atoms with Gasteiger partial charge in [0.2, 0.25) is 5.91 Å². The topological polar surface area (TPSA) is 91.4 Å². The molecule has 0 radical (unpaired) electrons. The number of piperidine rings is 1. The molecule has 1 aromatic rings. The summed E-state index contributed by atoms with van der Waals surface area (Å²) in [6, 6.07) is 8.84. The summed E-state index contributed by atoms with van der Waals surface area (Å²) in [4.78, 5) is 46.8. The summed E-state index contributed by atoms with van der Waals surface area (Å²) >= 11 is 0. The highest BCUT2D eigenvalue weighted by Gasteiger charge is 2.52. The fourth-order valence-electron chi connectivity index (χ4n) is 4.44. The maximum absolute atomic E-state index is 12.9. The van der Waals surface area contributed by atoms with Crippen LogP contribution in [0.25, 0.3) is 0 Å². The summed E-state index contributed by atoms with van der Waals surface area (Å²) in [5.41, 5.74) is 0.467. The Labute approximate surface area is 188 Å². The van der Waals surface area contributed by atoms with Gasteiger partial charge in [-0.2, -0.15) is 5.06 Å². The van der Waals surface area contributed by atoms with Gasteiger partial charge in [0.1, 0.15) is 18.2 Å². The second-order valence-electron chi connectivity index (χ2n) is 9.68. The largest absolute Gasteiger partial charge is 0.444 e. The fraction of sp³-hybridized carbons (Fsp3) is 0.609. The summed E-state index contributed by atoms with van der Waals surface area (Å²) in [6.45, 7) is 7.44. The zero-order valence-corrected chi connectivity index (χ0v) is 19.0. The number of nitrogens with zero attached hydrogens (tertiary/aromatic N) is 3. The van der Waals surface area contributed by atoms with Crippen molar-refractivity contribution in [3.05, 3.63) is 35.9 Å². The van der Waals surface area contributed by atoms with E-state index in [-0.39, 0.29) is 30.1 Å². The highest BCUT2D eigenvalue weighted by atomic mass is 16.7. The van der Waals surface area contributed by atoms with Crippen LogP contribution < -0.4 is 5.32 Å². The zero-order valence-electron chi connectivity index (χ0n) is 19.0. The molecule has 3 fully saturated rings. The van der Waals surface area contributed by atoms with Crippen LogP contribution in [-0.2, 0) is 21.0 Å². The second-order valence-corrected chi connectivity index (χ2v) is 9.68. The third kappa shape index (κ3) is 4.98. The number of hydrogen-bond acceptors (Lipinski definition) is 5. The number of rotatable bonds is 5. The number of fused-ring (bicyclic) bond motifs is 2. The minimum absolute atomic E-state index is 0.0120. The molecule has 32 heavy (non-hydrogen) atoms. The van der Waals surface area contributed by atoms with Crippen molar-refractivity contribution in [3.8, 4) is 0 Å². The maximum atomic E-state index is 12.9. The average Bonchev–Trinajstić information content (AvgIpc) is 3.31. The van der Waals surface area contributed by atoms with Gasteiger partial charge in [0.15, 0.2) is 0 Å². The predicted octanol–water partition coefficient (Wildman–Crippen LogP) is 2.51. The van der Waals surface area contributed by atoms with E-state index in [4.69, 9.17) is 9.57 Å². The predicted molar refractivity (Wildman–Crippen MR) is 116 cm³/mol. The number of nitrogens with one attached hydrogen (secondary N) is 1. The summed E-state index contributed by atoms with van der Waals surface area (Å²) in [5.74, 6) is -0.126. The number of carbonyl (C=O) groups excluding carboxylic acids is 3. The summed E-state index contributed by atoms with van der Waals surface area (Å²) in [7, 11) is 0. The van der Waals surface area contributed by atoms with Gasteiger partial charge in [0.25, 0.3) is 0 Å². The van der Waals surface area contributed by atoms with Crippen molar-refractivity contribution >= 4 is 18.0 Å². The first kappa shape index (κ1) is 22.4. The van der Waals surface area contributed by atoms with E-state index in [1.807, 2.05) is 51.1 Å². The van der Waals surface area contributed by atoms with Crippen LogP contribution in [-0.4, -0.2) is 76.3 Å². The highest BCUT2D eigenvalue weighted by Crippen LogP contribution is 2.32. The lowest BCUT2D eigenvalue weighted by Gasteiger charge is -2.35. The Morgan fingerprint density at radius 3 is 2.44 bits per heavy atom. The first-order chi connectivity index (χ1) is 15.2. The minimum atomic E-state index is -0.524. The van der Waals surface area contributed by atoms with Gasteiger partial charge in [-0.3, -0.25) is 9.63 Å². The minimum Gasteiger partial charge on any atom is -0.444 e. The van der Waals surface area contributed by atoms with Crippen LogP contribution in [0.1, 0.15) is 45.6 Å². The summed E-state index contributed by atoms with van der Waals surface area (Å²) < 4.78 is 5.42. The van der Waals surface area contributed by atoms with Crippen LogP contribution in [0, 0.1) is 0 Å². The van der Waals surface area contributed by atoms with E-state index in [1.54, 1.807) is 9.80 Å². The summed E-state index contributed by atoms with van der Waals surface area (Å²) in [6.07, 6.45) is 1.58. The van der Waals surface area contributed by atoms with Gasteiger partial charge in [0, 0.05) is 32.1 Å². The summed E-state index contributed by atoms with van der Waals surface area (Å²) in [5, 5.41) is 4.49. The molecule has 4 amide bonds. The van der Waals surface area contributed by atoms with E-state index in [0.29, 0.717) is 45.5 Å². The average molecular weight is 445 g/mol. The molecule has 1 aromatic carbocycles. The van der Waals surface area contributed by atoms with Crippen molar-refractivity contribution < 1.29 is 24.0 Å². The smallest absolute Gasteiger partial charge is 0.410 e. The van der Waals surface area contributed by atoms with Gasteiger partial charge in [-0.1, -0.05) is 30.3 Å². The molecule has 0 aliphatic carbocycles. The Hall–Kier alpha value is -2.81. The third-order valence-electron chi connectivity index (χ3n) is 6.05. The van der Waals surface area contributed by atoms with Crippen molar-refractivity contribution in [1.29, 1.82) is 0 Å². The van der Waals surface area contributed by atoms with Crippen LogP contribution >= 0.6 is 0 Å². The van der Waals surface area contributed by atoms with Crippen molar-refractivity contribution in [2.45, 2.75) is 70.4 Å². The third-order valence-corrected chi connectivity index (χ3v) is 6.05. The van der Waals surface area contributed by atoms with Gasteiger partial charge in [-0.15, -0.1) is 0 Å². The molecule has 2 bridgehead atoms. The fourth-order valence-corrected chi connectivity index (χ4v) is 4.44. The standard InChI is InChI=1S/C23H32N4O5/c1-23(2,3)32-22(30)25-11-9-17(10-12-25)24-20(28)19-13-18-14-26(19)21(29)27(18)31-15-16-7-5-4-6-8-16/h4-8,17-19H,9-15H2,1-3H3,(H,24,28)/t18-,19+/m1/s1.